The maximum Gasteiger partial charge on any atom is 0.228 e. The summed E-state index contributed by atoms with van der Waals surface area (Å²) in [4.78, 5) is 0. The number of halogens is 3. The fourth-order valence-electron chi connectivity index (χ4n) is 0.849. The van der Waals surface area contributed by atoms with E-state index in [2.05, 4.69) is 4.74 Å². The van der Waals surface area contributed by atoms with Crippen molar-refractivity contribution in [3.8, 4) is 5.75 Å². The minimum absolute atomic E-state index is 0.0269. The van der Waals surface area contributed by atoms with Gasteiger partial charge >= 0.3 is 0 Å². The first-order chi connectivity index (χ1) is 5.66. The highest BCUT2D eigenvalue weighted by molar-refractivity contribution is 6.31. The first-order valence-corrected chi connectivity index (χ1v) is 3.68. The number of ether oxygens (including phenoxy) is 1. The van der Waals surface area contributed by atoms with Crippen LogP contribution in [0.4, 0.5) is 8.78 Å². The molecular weight excluding hydrogens is 186 g/mol. The molecule has 0 saturated carbocycles. The minimum atomic E-state index is -0.942. The first kappa shape index (κ1) is 9.26. The van der Waals surface area contributed by atoms with Crippen molar-refractivity contribution in [1.29, 1.82) is 0 Å². The van der Waals surface area contributed by atoms with Crippen LogP contribution in [0.2, 0.25) is 5.02 Å². The van der Waals surface area contributed by atoms with Crippen LogP contribution in [0.5, 0.6) is 5.75 Å². The van der Waals surface area contributed by atoms with Gasteiger partial charge in [0.15, 0.2) is 0 Å². The van der Waals surface area contributed by atoms with E-state index in [1.54, 1.807) is 6.92 Å². The number of alkyl halides is 1. The standard InChI is InChI=1S/C8H7ClF2O/c1-5-7(12-4-10)3-2-6(11)8(5)9/h2-3H,4H2,1H3. The van der Waals surface area contributed by atoms with E-state index in [1.165, 1.54) is 6.07 Å². The molecule has 0 spiro atoms. The zero-order valence-corrected chi connectivity index (χ0v) is 7.16. The molecule has 0 saturated heterocycles. The molecule has 1 aromatic carbocycles. The van der Waals surface area contributed by atoms with E-state index in [4.69, 9.17) is 11.6 Å². The molecule has 1 nitrogen and oxygen atoms in total. The lowest BCUT2D eigenvalue weighted by Crippen LogP contribution is -1.94. The SMILES string of the molecule is Cc1c(OCF)ccc(F)c1Cl. The third-order valence-electron chi connectivity index (χ3n) is 1.50. The molecule has 0 unspecified atom stereocenters. The van der Waals surface area contributed by atoms with Crippen LogP contribution in [0.15, 0.2) is 12.1 Å². The van der Waals surface area contributed by atoms with Crippen LogP contribution >= 0.6 is 11.6 Å². The number of hydrogen-bond donors (Lipinski definition) is 0. The van der Waals surface area contributed by atoms with Crippen LogP contribution in [0, 0.1) is 12.7 Å². The quantitative estimate of drug-likeness (QED) is 0.700. The molecule has 1 rings (SSSR count). The van der Waals surface area contributed by atoms with E-state index in [9.17, 15) is 8.78 Å². The van der Waals surface area contributed by atoms with Crippen LogP contribution in [0.1, 0.15) is 5.56 Å². The molecule has 0 heterocycles. The van der Waals surface area contributed by atoms with Gasteiger partial charge in [-0.3, -0.25) is 0 Å². The van der Waals surface area contributed by atoms with E-state index in [0.717, 1.165) is 6.07 Å². The molecule has 0 aliphatic heterocycles. The topological polar surface area (TPSA) is 9.23 Å². The van der Waals surface area contributed by atoms with Gasteiger partial charge in [0.05, 0.1) is 5.02 Å². The molecule has 0 fully saturated rings. The summed E-state index contributed by atoms with van der Waals surface area (Å²) < 4.78 is 29.0. The Balaban J connectivity index is 3.08. The Morgan fingerprint density at radius 1 is 1.50 bits per heavy atom. The van der Waals surface area contributed by atoms with Gasteiger partial charge in [0, 0.05) is 5.56 Å². The van der Waals surface area contributed by atoms with Crippen LogP contribution in [0.25, 0.3) is 0 Å². The molecule has 0 amide bonds. The largest absolute Gasteiger partial charge is 0.463 e. The Hall–Kier alpha value is -0.830. The highest BCUT2D eigenvalue weighted by atomic mass is 35.5. The second-order valence-corrected chi connectivity index (χ2v) is 2.62. The highest BCUT2D eigenvalue weighted by Gasteiger charge is 2.07. The zero-order valence-electron chi connectivity index (χ0n) is 6.40. The maximum atomic E-state index is 12.7. The van der Waals surface area contributed by atoms with Gasteiger partial charge in [-0.25, -0.2) is 8.78 Å². The fraction of sp³-hybridized carbons (Fsp3) is 0.250. The summed E-state index contributed by atoms with van der Waals surface area (Å²) in [5.41, 5.74) is 0.411. The number of rotatable bonds is 2. The molecule has 0 aromatic heterocycles. The van der Waals surface area contributed by atoms with Crippen molar-refractivity contribution in [2.75, 3.05) is 6.86 Å². The van der Waals surface area contributed by atoms with Crippen molar-refractivity contribution in [3.63, 3.8) is 0 Å². The second-order valence-electron chi connectivity index (χ2n) is 2.24. The van der Waals surface area contributed by atoms with Gasteiger partial charge in [0.2, 0.25) is 6.86 Å². The third-order valence-corrected chi connectivity index (χ3v) is 1.96. The monoisotopic (exact) mass is 192 g/mol. The number of benzene rings is 1. The van der Waals surface area contributed by atoms with Crippen LogP contribution < -0.4 is 4.74 Å². The summed E-state index contributed by atoms with van der Waals surface area (Å²) in [6, 6.07) is 2.48. The van der Waals surface area contributed by atoms with Crippen molar-refractivity contribution in [2.45, 2.75) is 6.92 Å². The average molecular weight is 193 g/mol. The molecule has 0 radical (unpaired) electrons. The molecule has 0 aliphatic rings. The molecule has 1 aromatic rings. The Morgan fingerprint density at radius 2 is 2.17 bits per heavy atom. The van der Waals surface area contributed by atoms with Crippen LogP contribution in [0.3, 0.4) is 0 Å². The van der Waals surface area contributed by atoms with Gasteiger partial charge in [-0.05, 0) is 19.1 Å². The lowest BCUT2D eigenvalue weighted by molar-refractivity contribution is 0.190. The van der Waals surface area contributed by atoms with Crippen molar-refractivity contribution in [3.05, 3.63) is 28.5 Å². The summed E-state index contributed by atoms with van der Waals surface area (Å²) in [5, 5.41) is -0.0269. The lowest BCUT2D eigenvalue weighted by Gasteiger charge is -2.06. The number of hydrogen-bond acceptors (Lipinski definition) is 1. The smallest absolute Gasteiger partial charge is 0.228 e. The average Bonchev–Trinajstić information content (AvgIpc) is 2.07. The molecule has 0 bridgehead atoms. The van der Waals surface area contributed by atoms with E-state index in [1.807, 2.05) is 0 Å². The molecule has 0 aliphatic carbocycles. The third kappa shape index (κ3) is 1.67. The molecule has 0 atom stereocenters. The fourth-order valence-corrected chi connectivity index (χ4v) is 1.01. The Bertz CT molecular complexity index is 289. The van der Waals surface area contributed by atoms with E-state index in [-0.39, 0.29) is 10.8 Å². The van der Waals surface area contributed by atoms with Crippen molar-refractivity contribution < 1.29 is 13.5 Å². The molecule has 4 heteroatoms. The summed E-state index contributed by atoms with van der Waals surface area (Å²) in [6.45, 7) is 0.624. The Morgan fingerprint density at radius 3 is 2.75 bits per heavy atom. The van der Waals surface area contributed by atoms with Gasteiger partial charge in [0.1, 0.15) is 11.6 Å². The van der Waals surface area contributed by atoms with Crippen molar-refractivity contribution in [2.24, 2.45) is 0 Å². The Labute approximate surface area is 73.9 Å². The van der Waals surface area contributed by atoms with E-state index >= 15 is 0 Å². The van der Waals surface area contributed by atoms with Gasteiger partial charge in [-0.15, -0.1) is 0 Å². The van der Waals surface area contributed by atoms with Gasteiger partial charge in [-0.2, -0.15) is 0 Å². The highest BCUT2D eigenvalue weighted by Crippen LogP contribution is 2.27. The van der Waals surface area contributed by atoms with Crippen LogP contribution in [-0.4, -0.2) is 6.86 Å². The summed E-state index contributed by atoms with van der Waals surface area (Å²) in [7, 11) is 0. The zero-order chi connectivity index (χ0) is 9.14. The minimum Gasteiger partial charge on any atom is -0.463 e. The predicted octanol–water partition coefficient (Wildman–Crippen LogP) is 3.09. The lowest BCUT2D eigenvalue weighted by atomic mass is 10.2. The predicted molar refractivity (Wildman–Crippen MR) is 42.8 cm³/mol. The first-order valence-electron chi connectivity index (χ1n) is 3.30. The van der Waals surface area contributed by atoms with Crippen LogP contribution in [-0.2, 0) is 0 Å². The van der Waals surface area contributed by atoms with E-state index < -0.39 is 12.7 Å². The summed E-state index contributed by atoms with van der Waals surface area (Å²) >= 11 is 5.54. The summed E-state index contributed by atoms with van der Waals surface area (Å²) in [5.74, 6) is -0.260. The molecular formula is C8H7ClF2O. The molecule has 12 heavy (non-hydrogen) atoms. The normalized spacial score (nSPS) is 10.0. The maximum absolute atomic E-state index is 12.7. The van der Waals surface area contributed by atoms with Gasteiger partial charge in [-0.1, -0.05) is 11.6 Å². The van der Waals surface area contributed by atoms with E-state index in [0.29, 0.717) is 5.56 Å². The summed E-state index contributed by atoms with van der Waals surface area (Å²) in [6.07, 6.45) is 0. The van der Waals surface area contributed by atoms with Crippen molar-refractivity contribution in [1.82, 2.24) is 0 Å². The Kier molecular flexibility index (Phi) is 2.87. The molecule has 0 N–H and O–H groups in total. The molecule has 66 valence electrons. The second kappa shape index (κ2) is 3.72. The van der Waals surface area contributed by atoms with Crippen molar-refractivity contribution >= 4 is 11.6 Å². The van der Waals surface area contributed by atoms with Gasteiger partial charge in [0.25, 0.3) is 0 Å². The van der Waals surface area contributed by atoms with Gasteiger partial charge < -0.3 is 4.74 Å².